The average Bonchev–Trinajstić information content (AvgIpc) is 2.36. The second-order valence-electron chi connectivity index (χ2n) is 6.65. The number of hydrogen-bond donors (Lipinski definition) is 2. The van der Waals surface area contributed by atoms with Crippen LogP contribution < -0.4 is 10.6 Å². The molecule has 0 aliphatic carbocycles. The molecule has 0 aliphatic heterocycles. The van der Waals surface area contributed by atoms with Gasteiger partial charge in [-0.2, -0.15) is 0 Å². The Labute approximate surface area is 132 Å². The first kappa shape index (κ1) is 18.0. The van der Waals surface area contributed by atoms with Crippen molar-refractivity contribution < 1.29 is 14.3 Å². The molecule has 5 nitrogen and oxygen atoms in total. The van der Waals surface area contributed by atoms with Crippen molar-refractivity contribution in [2.75, 3.05) is 11.9 Å². The molecule has 1 rings (SSSR count). The van der Waals surface area contributed by atoms with Crippen molar-refractivity contribution in [3.8, 4) is 0 Å². The first-order chi connectivity index (χ1) is 10.2. The molecule has 0 atom stereocenters. The van der Waals surface area contributed by atoms with E-state index in [9.17, 15) is 9.59 Å². The Bertz CT molecular complexity index is 519. The molecule has 0 aromatic heterocycles. The van der Waals surface area contributed by atoms with Crippen LogP contribution in [0.4, 0.5) is 10.5 Å². The van der Waals surface area contributed by atoms with Gasteiger partial charge in [0.05, 0.1) is 0 Å². The third kappa shape index (κ3) is 7.11. The fraction of sp³-hybridized carbons (Fsp3) is 0.529. The maximum atomic E-state index is 12.0. The zero-order chi connectivity index (χ0) is 16.8. The van der Waals surface area contributed by atoms with Crippen LogP contribution in [-0.2, 0) is 4.74 Å². The molecule has 0 saturated heterocycles. The fourth-order valence-corrected chi connectivity index (χ4v) is 1.74. The van der Waals surface area contributed by atoms with E-state index in [1.54, 1.807) is 45.0 Å². The highest BCUT2D eigenvalue weighted by Crippen LogP contribution is 2.13. The van der Waals surface area contributed by atoms with Gasteiger partial charge >= 0.3 is 6.09 Å². The van der Waals surface area contributed by atoms with E-state index >= 15 is 0 Å². The van der Waals surface area contributed by atoms with E-state index in [-0.39, 0.29) is 5.91 Å². The Morgan fingerprint density at radius 1 is 1.23 bits per heavy atom. The highest BCUT2D eigenvalue weighted by Gasteiger charge is 2.16. The first-order valence-electron chi connectivity index (χ1n) is 7.55. The second-order valence-corrected chi connectivity index (χ2v) is 6.65. The summed E-state index contributed by atoms with van der Waals surface area (Å²) in [4.78, 5) is 23.8. The summed E-state index contributed by atoms with van der Waals surface area (Å²) in [5, 5.41) is 5.49. The molecule has 0 aliphatic rings. The van der Waals surface area contributed by atoms with Crippen molar-refractivity contribution in [2.24, 2.45) is 5.92 Å². The summed E-state index contributed by atoms with van der Waals surface area (Å²) in [6, 6.07) is 6.79. The van der Waals surface area contributed by atoms with Gasteiger partial charge in [0, 0.05) is 17.8 Å². The van der Waals surface area contributed by atoms with Crippen molar-refractivity contribution in [3.63, 3.8) is 0 Å². The van der Waals surface area contributed by atoms with Crippen molar-refractivity contribution in [2.45, 2.75) is 46.6 Å². The summed E-state index contributed by atoms with van der Waals surface area (Å²) >= 11 is 0. The van der Waals surface area contributed by atoms with E-state index in [2.05, 4.69) is 24.5 Å². The highest BCUT2D eigenvalue weighted by molar-refractivity contribution is 5.96. The van der Waals surface area contributed by atoms with Gasteiger partial charge in [-0.25, -0.2) is 4.79 Å². The van der Waals surface area contributed by atoms with Gasteiger partial charge in [0.25, 0.3) is 5.91 Å². The number of benzene rings is 1. The third-order valence-electron chi connectivity index (χ3n) is 2.78. The Hall–Kier alpha value is -2.04. The smallest absolute Gasteiger partial charge is 0.412 e. The van der Waals surface area contributed by atoms with Gasteiger partial charge in [0.1, 0.15) is 5.60 Å². The summed E-state index contributed by atoms with van der Waals surface area (Å²) in [6.07, 6.45) is 0.395. The molecule has 1 aromatic carbocycles. The number of carbonyl (C=O) groups excluding carboxylic acids is 2. The number of ether oxygens (including phenoxy) is 1. The minimum Gasteiger partial charge on any atom is -0.444 e. The fourth-order valence-electron chi connectivity index (χ4n) is 1.74. The van der Waals surface area contributed by atoms with Crippen molar-refractivity contribution in [1.29, 1.82) is 0 Å². The van der Waals surface area contributed by atoms with E-state index in [1.807, 2.05) is 0 Å². The first-order valence-corrected chi connectivity index (χ1v) is 7.55. The molecule has 2 amide bonds. The van der Waals surface area contributed by atoms with Crippen LogP contribution in [0, 0.1) is 5.92 Å². The molecule has 2 N–H and O–H groups in total. The van der Waals surface area contributed by atoms with Gasteiger partial charge in [-0.15, -0.1) is 0 Å². The number of hydrogen-bond acceptors (Lipinski definition) is 3. The normalized spacial score (nSPS) is 11.2. The van der Waals surface area contributed by atoms with Crippen LogP contribution in [0.25, 0.3) is 0 Å². The van der Waals surface area contributed by atoms with Crippen molar-refractivity contribution >= 4 is 17.7 Å². The van der Waals surface area contributed by atoms with Crippen LogP contribution >= 0.6 is 0 Å². The van der Waals surface area contributed by atoms with Gasteiger partial charge in [0.15, 0.2) is 0 Å². The van der Waals surface area contributed by atoms with Crippen LogP contribution in [0.2, 0.25) is 0 Å². The van der Waals surface area contributed by atoms with Crippen LogP contribution in [0.1, 0.15) is 51.4 Å². The highest BCUT2D eigenvalue weighted by atomic mass is 16.6. The summed E-state index contributed by atoms with van der Waals surface area (Å²) in [5.41, 5.74) is 0.485. The molecule has 5 heteroatoms. The van der Waals surface area contributed by atoms with Crippen LogP contribution in [-0.4, -0.2) is 24.1 Å². The van der Waals surface area contributed by atoms with Crippen LogP contribution in [0.5, 0.6) is 0 Å². The van der Waals surface area contributed by atoms with Crippen LogP contribution in [0.15, 0.2) is 24.3 Å². The number of amides is 2. The second kappa shape index (κ2) is 7.82. The van der Waals surface area contributed by atoms with Gasteiger partial charge in [-0.1, -0.05) is 19.9 Å². The van der Waals surface area contributed by atoms with Crippen LogP contribution in [0.3, 0.4) is 0 Å². The maximum Gasteiger partial charge on any atom is 0.412 e. The van der Waals surface area contributed by atoms with Gasteiger partial charge in [-0.05, 0) is 51.3 Å². The molecule has 22 heavy (non-hydrogen) atoms. The average molecular weight is 306 g/mol. The van der Waals surface area contributed by atoms with Gasteiger partial charge in [0.2, 0.25) is 0 Å². The molecule has 0 spiro atoms. The molecular weight excluding hydrogens is 280 g/mol. The van der Waals surface area contributed by atoms with E-state index in [1.165, 1.54) is 0 Å². The molecule has 0 heterocycles. The lowest BCUT2D eigenvalue weighted by molar-refractivity contribution is 0.0635. The van der Waals surface area contributed by atoms with Crippen molar-refractivity contribution in [3.05, 3.63) is 29.8 Å². The number of carbonyl (C=O) groups is 2. The lowest BCUT2D eigenvalue weighted by Gasteiger charge is -2.19. The van der Waals surface area contributed by atoms with E-state index < -0.39 is 11.7 Å². The summed E-state index contributed by atoms with van der Waals surface area (Å²) in [7, 11) is 0. The van der Waals surface area contributed by atoms with E-state index in [0.717, 1.165) is 6.42 Å². The molecule has 0 fully saturated rings. The van der Waals surface area contributed by atoms with Gasteiger partial charge in [-0.3, -0.25) is 10.1 Å². The molecule has 0 unspecified atom stereocenters. The standard InChI is InChI=1S/C17H26N2O3/c1-12(2)9-10-18-15(20)13-7-6-8-14(11-13)19-16(21)22-17(3,4)5/h6-8,11-12H,9-10H2,1-5H3,(H,18,20)(H,19,21). The zero-order valence-electron chi connectivity index (χ0n) is 14.0. The summed E-state index contributed by atoms with van der Waals surface area (Å²) in [6.45, 7) is 10.2. The number of rotatable bonds is 5. The Kier molecular flexibility index (Phi) is 6.40. The number of anilines is 1. The Balaban J connectivity index is 2.62. The Morgan fingerprint density at radius 3 is 2.50 bits per heavy atom. The predicted octanol–water partition coefficient (Wildman–Crippen LogP) is 3.81. The topological polar surface area (TPSA) is 67.4 Å². The SMILES string of the molecule is CC(C)CCNC(=O)c1cccc(NC(=O)OC(C)(C)C)c1. The monoisotopic (exact) mass is 306 g/mol. The summed E-state index contributed by atoms with van der Waals surface area (Å²) < 4.78 is 5.18. The molecule has 0 saturated carbocycles. The zero-order valence-corrected chi connectivity index (χ0v) is 14.0. The molecular formula is C17H26N2O3. The third-order valence-corrected chi connectivity index (χ3v) is 2.78. The molecule has 122 valence electrons. The number of nitrogens with one attached hydrogen (secondary N) is 2. The summed E-state index contributed by atoms with van der Waals surface area (Å²) in [5.74, 6) is 0.397. The lowest BCUT2D eigenvalue weighted by Crippen LogP contribution is -2.27. The minimum absolute atomic E-state index is 0.145. The molecule has 1 aromatic rings. The largest absolute Gasteiger partial charge is 0.444 e. The molecule has 0 radical (unpaired) electrons. The Morgan fingerprint density at radius 2 is 1.91 bits per heavy atom. The lowest BCUT2D eigenvalue weighted by atomic mass is 10.1. The molecule has 0 bridgehead atoms. The van der Waals surface area contributed by atoms with E-state index in [4.69, 9.17) is 4.74 Å². The van der Waals surface area contributed by atoms with Gasteiger partial charge < -0.3 is 10.1 Å². The maximum absolute atomic E-state index is 12.0. The quantitative estimate of drug-likeness (QED) is 0.869. The van der Waals surface area contributed by atoms with E-state index in [0.29, 0.717) is 23.7 Å². The predicted molar refractivity (Wildman–Crippen MR) is 88.1 cm³/mol. The minimum atomic E-state index is -0.560. The van der Waals surface area contributed by atoms with Crippen molar-refractivity contribution in [1.82, 2.24) is 5.32 Å².